The normalized spacial score (nSPS) is 16.0. The van der Waals surface area contributed by atoms with Gasteiger partial charge in [-0.1, -0.05) is 29.3 Å². The van der Waals surface area contributed by atoms with E-state index in [0.717, 1.165) is 5.56 Å². The number of benzene rings is 1. The molecule has 0 aromatic heterocycles. The van der Waals surface area contributed by atoms with E-state index in [2.05, 4.69) is 0 Å². The molecule has 2 N–H and O–H groups in total. The van der Waals surface area contributed by atoms with Crippen LogP contribution in [0.3, 0.4) is 0 Å². The maximum Gasteiger partial charge on any atom is 0.222 e. The molecule has 6 heteroatoms. The maximum atomic E-state index is 12.2. The minimum atomic E-state index is -0.268. The molecular weight excluding hydrogens is 311 g/mol. The Morgan fingerprint density at radius 2 is 1.90 bits per heavy atom. The molecule has 114 valence electrons. The predicted molar refractivity (Wildman–Crippen MR) is 83.3 cm³/mol. The molecule has 1 fully saturated rings. The van der Waals surface area contributed by atoms with Crippen molar-refractivity contribution in [1.29, 1.82) is 0 Å². The van der Waals surface area contributed by atoms with Gasteiger partial charge in [-0.2, -0.15) is 0 Å². The molecule has 0 unspecified atom stereocenters. The molecule has 0 bridgehead atoms. The first-order chi connectivity index (χ1) is 9.97. The summed E-state index contributed by atoms with van der Waals surface area (Å²) < 4.78 is 0. The van der Waals surface area contributed by atoms with Crippen LogP contribution in [0.15, 0.2) is 18.2 Å². The highest BCUT2D eigenvalue weighted by molar-refractivity contribution is 6.35. The molecule has 0 spiro atoms. The number of likely N-dealkylation sites (tertiary alicyclic amines) is 1. The second kappa shape index (κ2) is 7.14. The van der Waals surface area contributed by atoms with Crippen LogP contribution >= 0.6 is 23.2 Å². The van der Waals surface area contributed by atoms with Gasteiger partial charge in [0.25, 0.3) is 0 Å². The second-order valence-corrected chi connectivity index (χ2v) is 6.14. The van der Waals surface area contributed by atoms with Crippen LogP contribution in [-0.4, -0.2) is 29.8 Å². The van der Waals surface area contributed by atoms with Crippen LogP contribution < -0.4 is 5.73 Å². The van der Waals surface area contributed by atoms with E-state index in [1.807, 2.05) is 6.07 Å². The first kappa shape index (κ1) is 16.1. The summed E-state index contributed by atoms with van der Waals surface area (Å²) in [5, 5.41) is 1.17. The highest BCUT2D eigenvalue weighted by atomic mass is 35.5. The van der Waals surface area contributed by atoms with Crippen molar-refractivity contribution < 1.29 is 9.59 Å². The van der Waals surface area contributed by atoms with Crippen molar-refractivity contribution in [3.8, 4) is 0 Å². The number of rotatable bonds is 4. The number of piperidine rings is 1. The van der Waals surface area contributed by atoms with Gasteiger partial charge in [0.05, 0.1) is 0 Å². The maximum absolute atomic E-state index is 12.2. The molecule has 0 radical (unpaired) electrons. The Morgan fingerprint density at radius 3 is 2.48 bits per heavy atom. The third-order valence-corrected chi connectivity index (χ3v) is 4.46. The summed E-state index contributed by atoms with van der Waals surface area (Å²) in [6.07, 6.45) is 2.30. The third kappa shape index (κ3) is 4.35. The predicted octanol–water partition coefficient (Wildman–Crippen LogP) is 2.65. The molecule has 1 saturated heterocycles. The molecule has 2 amide bonds. The monoisotopic (exact) mass is 328 g/mol. The van der Waals surface area contributed by atoms with Gasteiger partial charge in [0.1, 0.15) is 0 Å². The zero-order valence-corrected chi connectivity index (χ0v) is 13.2. The van der Waals surface area contributed by atoms with Crippen LogP contribution in [-0.2, 0) is 16.0 Å². The van der Waals surface area contributed by atoms with E-state index in [1.165, 1.54) is 0 Å². The van der Waals surface area contributed by atoms with Gasteiger partial charge in [-0.05, 0) is 37.0 Å². The van der Waals surface area contributed by atoms with E-state index in [9.17, 15) is 9.59 Å². The summed E-state index contributed by atoms with van der Waals surface area (Å²) in [6, 6.07) is 5.30. The molecular formula is C15H18Cl2N2O2. The van der Waals surface area contributed by atoms with Gasteiger partial charge in [0.2, 0.25) is 11.8 Å². The molecule has 0 saturated carbocycles. The lowest BCUT2D eigenvalue weighted by Gasteiger charge is -2.30. The van der Waals surface area contributed by atoms with Gasteiger partial charge in [0.15, 0.2) is 0 Å². The minimum absolute atomic E-state index is 0.0870. The summed E-state index contributed by atoms with van der Waals surface area (Å²) in [5.74, 6) is -0.279. The summed E-state index contributed by atoms with van der Waals surface area (Å²) in [5.41, 5.74) is 6.20. The molecule has 1 aliphatic heterocycles. The first-order valence-corrected chi connectivity index (χ1v) is 7.74. The first-order valence-electron chi connectivity index (χ1n) is 6.98. The van der Waals surface area contributed by atoms with Crippen molar-refractivity contribution in [3.63, 3.8) is 0 Å². The summed E-state index contributed by atoms with van der Waals surface area (Å²) in [6.45, 7) is 1.20. The summed E-state index contributed by atoms with van der Waals surface area (Å²) in [7, 11) is 0. The largest absolute Gasteiger partial charge is 0.369 e. The van der Waals surface area contributed by atoms with E-state index in [4.69, 9.17) is 28.9 Å². The van der Waals surface area contributed by atoms with Gasteiger partial charge in [-0.3, -0.25) is 9.59 Å². The van der Waals surface area contributed by atoms with E-state index in [0.29, 0.717) is 48.8 Å². The molecule has 4 nitrogen and oxygen atoms in total. The van der Waals surface area contributed by atoms with Crippen molar-refractivity contribution in [2.45, 2.75) is 25.7 Å². The Labute approximate surface area is 134 Å². The number of hydrogen-bond acceptors (Lipinski definition) is 2. The lowest BCUT2D eigenvalue weighted by atomic mass is 9.96. The van der Waals surface area contributed by atoms with Gasteiger partial charge < -0.3 is 10.6 Å². The number of carbonyl (C=O) groups is 2. The number of nitrogens with two attached hydrogens (primary N) is 1. The van der Waals surface area contributed by atoms with Crippen LogP contribution in [0.5, 0.6) is 0 Å². The van der Waals surface area contributed by atoms with Gasteiger partial charge in [-0.25, -0.2) is 0 Å². The average Bonchev–Trinajstić information content (AvgIpc) is 2.46. The third-order valence-electron chi connectivity index (χ3n) is 3.87. The van der Waals surface area contributed by atoms with Crippen LogP contribution in [0.25, 0.3) is 0 Å². The minimum Gasteiger partial charge on any atom is -0.369 e. The fourth-order valence-electron chi connectivity index (χ4n) is 2.54. The number of halogens is 2. The van der Waals surface area contributed by atoms with Crippen molar-refractivity contribution >= 4 is 35.0 Å². The lowest BCUT2D eigenvalue weighted by molar-refractivity contribution is -0.134. The Balaban J connectivity index is 1.84. The molecule has 21 heavy (non-hydrogen) atoms. The van der Waals surface area contributed by atoms with E-state index in [1.54, 1.807) is 17.0 Å². The highest BCUT2D eigenvalue weighted by Crippen LogP contribution is 2.23. The van der Waals surface area contributed by atoms with Gasteiger partial charge in [0, 0.05) is 35.5 Å². The SMILES string of the molecule is NC(=O)C1CCN(C(=O)CCc2ccc(Cl)cc2Cl)CC1. The Kier molecular flexibility index (Phi) is 5.48. The highest BCUT2D eigenvalue weighted by Gasteiger charge is 2.25. The number of nitrogens with zero attached hydrogens (tertiary/aromatic N) is 1. The Morgan fingerprint density at radius 1 is 1.24 bits per heavy atom. The Hall–Kier alpha value is -1.26. The van der Waals surface area contributed by atoms with Crippen molar-refractivity contribution in [2.24, 2.45) is 11.7 Å². The average molecular weight is 329 g/mol. The zero-order chi connectivity index (χ0) is 15.4. The van der Waals surface area contributed by atoms with Crippen molar-refractivity contribution in [2.75, 3.05) is 13.1 Å². The standard InChI is InChI=1S/C15H18Cl2N2O2/c16-12-3-1-10(13(17)9-12)2-4-14(20)19-7-5-11(6-8-19)15(18)21/h1,3,9,11H,2,4-8H2,(H2,18,21). The topological polar surface area (TPSA) is 63.4 Å². The fourth-order valence-corrected chi connectivity index (χ4v) is 3.04. The zero-order valence-electron chi connectivity index (χ0n) is 11.6. The smallest absolute Gasteiger partial charge is 0.222 e. The Bertz CT molecular complexity index is 540. The van der Waals surface area contributed by atoms with Gasteiger partial charge in [-0.15, -0.1) is 0 Å². The lowest BCUT2D eigenvalue weighted by Crippen LogP contribution is -2.41. The molecule has 1 heterocycles. The number of amides is 2. The quantitative estimate of drug-likeness (QED) is 0.923. The van der Waals surface area contributed by atoms with Crippen molar-refractivity contribution in [1.82, 2.24) is 4.90 Å². The van der Waals surface area contributed by atoms with Crippen LogP contribution in [0.2, 0.25) is 10.0 Å². The van der Waals surface area contributed by atoms with E-state index >= 15 is 0 Å². The number of carbonyl (C=O) groups excluding carboxylic acids is 2. The molecule has 2 rings (SSSR count). The summed E-state index contributed by atoms with van der Waals surface area (Å²) >= 11 is 11.9. The van der Waals surface area contributed by atoms with E-state index in [-0.39, 0.29) is 17.7 Å². The summed E-state index contributed by atoms with van der Waals surface area (Å²) in [4.78, 5) is 25.1. The van der Waals surface area contributed by atoms with Gasteiger partial charge >= 0.3 is 0 Å². The second-order valence-electron chi connectivity index (χ2n) is 5.29. The molecule has 1 aromatic rings. The van der Waals surface area contributed by atoms with E-state index < -0.39 is 0 Å². The fraction of sp³-hybridized carbons (Fsp3) is 0.467. The van der Waals surface area contributed by atoms with Crippen LogP contribution in [0, 0.1) is 5.92 Å². The van der Waals surface area contributed by atoms with Crippen molar-refractivity contribution in [3.05, 3.63) is 33.8 Å². The van der Waals surface area contributed by atoms with Crippen LogP contribution in [0.1, 0.15) is 24.8 Å². The molecule has 0 atom stereocenters. The molecule has 0 aliphatic carbocycles. The molecule has 1 aromatic carbocycles. The molecule has 1 aliphatic rings. The van der Waals surface area contributed by atoms with Crippen LogP contribution in [0.4, 0.5) is 0 Å². The number of primary amides is 1. The number of hydrogen-bond donors (Lipinski definition) is 1. The number of aryl methyl sites for hydroxylation is 1.